The summed E-state index contributed by atoms with van der Waals surface area (Å²) in [5, 5.41) is 10.5. The van der Waals surface area contributed by atoms with Gasteiger partial charge in [-0.1, -0.05) is 43.7 Å². The fraction of sp³-hybridized carbons (Fsp3) is 0.314. The standard InChI is InChI=1S/C35H37N3O2S/c1-21-7-13-27(14-8-21)41-20-24-16-28(23(3)15-22(24)2)32-29(19-36)34(37)38(25-9-11-26(40-6)12-10-25)30-17-35(4,5)18-31(39)33(30)32/h7-16,32H,17-18,20,37H2,1-6H3. The van der Waals surface area contributed by atoms with Gasteiger partial charge < -0.3 is 10.5 Å². The van der Waals surface area contributed by atoms with Crippen molar-refractivity contribution < 1.29 is 9.53 Å². The minimum Gasteiger partial charge on any atom is -0.497 e. The molecule has 1 aliphatic carbocycles. The number of nitriles is 1. The zero-order valence-electron chi connectivity index (χ0n) is 24.7. The minimum atomic E-state index is -0.503. The second kappa shape index (κ2) is 11.1. The molecule has 2 N–H and O–H groups in total. The van der Waals surface area contributed by atoms with Gasteiger partial charge in [0.25, 0.3) is 0 Å². The summed E-state index contributed by atoms with van der Waals surface area (Å²) in [5.41, 5.74) is 15.1. The van der Waals surface area contributed by atoms with Crippen molar-refractivity contribution in [3.63, 3.8) is 0 Å². The summed E-state index contributed by atoms with van der Waals surface area (Å²) in [6.07, 6.45) is 1.11. The van der Waals surface area contributed by atoms with E-state index in [1.807, 2.05) is 29.2 Å². The zero-order chi connectivity index (χ0) is 29.5. The van der Waals surface area contributed by atoms with E-state index in [0.29, 0.717) is 29.8 Å². The highest BCUT2D eigenvalue weighted by atomic mass is 32.2. The number of Topliss-reactive ketones (excluding diaryl/α,β-unsaturated/α-hetero) is 1. The Labute approximate surface area is 247 Å². The monoisotopic (exact) mass is 563 g/mol. The smallest absolute Gasteiger partial charge is 0.162 e. The van der Waals surface area contributed by atoms with Gasteiger partial charge in [0.05, 0.1) is 24.7 Å². The number of thioether (sulfide) groups is 1. The molecule has 0 saturated heterocycles. The van der Waals surface area contributed by atoms with Gasteiger partial charge in [-0.15, -0.1) is 11.8 Å². The molecule has 0 saturated carbocycles. The van der Waals surface area contributed by atoms with E-state index in [2.05, 4.69) is 77.1 Å². The second-order valence-corrected chi connectivity index (χ2v) is 13.0. The normalized spacial score (nSPS) is 18.3. The molecule has 1 aliphatic heterocycles. The lowest BCUT2D eigenvalue weighted by Gasteiger charge is -2.44. The maximum absolute atomic E-state index is 14.0. The number of aryl methyl sites for hydroxylation is 3. The van der Waals surface area contributed by atoms with Gasteiger partial charge in [0, 0.05) is 34.0 Å². The van der Waals surface area contributed by atoms with Crippen LogP contribution < -0.4 is 15.4 Å². The largest absolute Gasteiger partial charge is 0.497 e. The molecule has 0 fully saturated rings. The number of nitrogens with two attached hydrogens (primary N) is 1. The number of allylic oxidation sites excluding steroid dienone is 3. The first-order valence-corrected chi connectivity index (χ1v) is 14.9. The molecule has 1 heterocycles. The third-order valence-corrected chi connectivity index (χ3v) is 9.22. The molecule has 0 aromatic heterocycles. The van der Waals surface area contributed by atoms with Crippen LogP contribution in [0, 0.1) is 37.5 Å². The number of hydrogen-bond acceptors (Lipinski definition) is 6. The lowest BCUT2D eigenvalue weighted by Crippen LogP contribution is -2.42. The van der Waals surface area contributed by atoms with Crippen molar-refractivity contribution in [3.05, 3.63) is 111 Å². The van der Waals surface area contributed by atoms with Crippen LogP contribution in [0.15, 0.2) is 88.2 Å². The van der Waals surface area contributed by atoms with Crippen LogP contribution in [0.2, 0.25) is 0 Å². The molecular formula is C35H37N3O2S. The molecule has 0 bridgehead atoms. The first-order valence-electron chi connectivity index (χ1n) is 13.9. The maximum atomic E-state index is 14.0. The first-order chi connectivity index (χ1) is 19.5. The highest BCUT2D eigenvalue weighted by Gasteiger charge is 2.45. The van der Waals surface area contributed by atoms with Gasteiger partial charge in [-0.2, -0.15) is 5.26 Å². The number of ether oxygens (including phenoxy) is 1. The Hall–Kier alpha value is -3.95. The number of hydrogen-bond donors (Lipinski definition) is 1. The maximum Gasteiger partial charge on any atom is 0.162 e. The number of benzene rings is 3. The van der Waals surface area contributed by atoms with Crippen LogP contribution >= 0.6 is 11.8 Å². The quantitative estimate of drug-likeness (QED) is 0.308. The molecule has 0 amide bonds. The Morgan fingerprint density at radius 3 is 2.34 bits per heavy atom. The molecule has 5 nitrogen and oxygen atoms in total. The number of anilines is 1. The van der Waals surface area contributed by atoms with Crippen molar-refractivity contribution in [2.45, 2.75) is 64.0 Å². The van der Waals surface area contributed by atoms with Crippen molar-refractivity contribution in [2.75, 3.05) is 12.0 Å². The van der Waals surface area contributed by atoms with E-state index in [1.54, 1.807) is 18.9 Å². The topological polar surface area (TPSA) is 79.3 Å². The number of methoxy groups -OCH3 is 1. The van der Waals surface area contributed by atoms with Crippen LogP contribution in [0.4, 0.5) is 5.69 Å². The van der Waals surface area contributed by atoms with E-state index in [0.717, 1.165) is 34.0 Å². The molecule has 0 radical (unpaired) electrons. The SMILES string of the molecule is COc1ccc(N2C(N)=C(C#N)C(c3cc(CSc4ccc(C)cc4)c(C)cc3C)C3=C2CC(C)(C)CC3=O)cc1. The van der Waals surface area contributed by atoms with Gasteiger partial charge in [-0.3, -0.25) is 9.69 Å². The van der Waals surface area contributed by atoms with Crippen molar-refractivity contribution in [1.29, 1.82) is 5.26 Å². The molecule has 0 spiro atoms. The summed E-state index contributed by atoms with van der Waals surface area (Å²) in [6, 6.07) is 22.9. The van der Waals surface area contributed by atoms with Crippen LogP contribution in [0.5, 0.6) is 5.75 Å². The predicted molar refractivity (Wildman–Crippen MR) is 167 cm³/mol. The Balaban J connectivity index is 1.64. The molecule has 3 aromatic rings. The summed E-state index contributed by atoms with van der Waals surface area (Å²) in [5.74, 6) is 1.48. The Morgan fingerprint density at radius 2 is 1.71 bits per heavy atom. The van der Waals surface area contributed by atoms with Crippen molar-refractivity contribution in [3.8, 4) is 11.8 Å². The summed E-state index contributed by atoms with van der Waals surface area (Å²) < 4.78 is 5.36. The van der Waals surface area contributed by atoms with E-state index in [9.17, 15) is 10.1 Å². The van der Waals surface area contributed by atoms with E-state index < -0.39 is 5.92 Å². The molecule has 3 aromatic carbocycles. The van der Waals surface area contributed by atoms with Gasteiger partial charge in [-0.25, -0.2) is 0 Å². The number of carbonyl (C=O) groups excluding carboxylic acids is 1. The molecule has 1 atom stereocenters. The van der Waals surface area contributed by atoms with Gasteiger partial charge in [0.15, 0.2) is 5.78 Å². The fourth-order valence-electron chi connectivity index (χ4n) is 6.02. The minimum absolute atomic E-state index is 0.0792. The molecule has 6 heteroatoms. The molecule has 5 rings (SSSR count). The summed E-state index contributed by atoms with van der Waals surface area (Å²) >= 11 is 1.79. The second-order valence-electron chi connectivity index (χ2n) is 11.9. The third-order valence-electron chi connectivity index (χ3n) is 8.16. The van der Waals surface area contributed by atoms with Crippen molar-refractivity contribution >= 4 is 23.2 Å². The van der Waals surface area contributed by atoms with E-state index in [-0.39, 0.29) is 11.2 Å². The van der Waals surface area contributed by atoms with Gasteiger partial charge in [0.1, 0.15) is 11.6 Å². The van der Waals surface area contributed by atoms with Gasteiger partial charge >= 0.3 is 0 Å². The Morgan fingerprint density at radius 1 is 1.02 bits per heavy atom. The van der Waals surface area contributed by atoms with Crippen LogP contribution in [0.3, 0.4) is 0 Å². The van der Waals surface area contributed by atoms with Gasteiger partial charge in [-0.05, 0) is 91.3 Å². The lowest BCUT2D eigenvalue weighted by atomic mass is 9.68. The van der Waals surface area contributed by atoms with Crippen LogP contribution in [-0.4, -0.2) is 12.9 Å². The Kier molecular flexibility index (Phi) is 7.76. The van der Waals surface area contributed by atoms with Crippen LogP contribution in [0.1, 0.15) is 60.4 Å². The number of rotatable bonds is 6. The zero-order valence-corrected chi connectivity index (χ0v) is 25.5. The average Bonchev–Trinajstić information content (AvgIpc) is 2.92. The Bertz CT molecular complexity index is 1610. The molecule has 210 valence electrons. The predicted octanol–water partition coefficient (Wildman–Crippen LogP) is 7.85. The number of ketones is 1. The van der Waals surface area contributed by atoms with Crippen LogP contribution in [-0.2, 0) is 10.5 Å². The van der Waals surface area contributed by atoms with Crippen LogP contribution in [0.25, 0.3) is 0 Å². The summed E-state index contributed by atoms with van der Waals surface area (Å²) in [7, 11) is 1.63. The molecule has 1 unspecified atom stereocenters. The van der Waals surface area contributed by atoms with E-state index >= 15 is 0 Å². The molecular weight excluding hydrogens is 526 g/mol. The number of carbonyl (C=O) groups is 1. The molecule has 2 aliphatic rings. The van der Waals surface area contributed by atoms with E-state index in [1.165, 1.54) is 21.6 Å². The van der Waals surface area contributed by atoms with Crippen molar-refractivity contribution in [1.82, 2.24) is 0 Å². The summed E-state index contributed by atoms with van der Waals surface area (Å²) in [4.78, 5) is 17.1. The summed E-state index contributed by atoms with van der Waals surface area (Å²) in [6.45, 7) is 10.5. The highest BCUT2D eigenvalue weighted by Crippen LogP contribution is 2.51. The third kappa shape index (κ3) is 5.52. The highest BCUT2D eigenvalue weighted by molar-refractivity contribution is 7.98. The van der Waals surface area contributed by atoms with Crippen molar-refractivity contribution in [2.24, 2.45) is 11.1 Å². The van der Waals surface area contributed by atoms with E-state index in [4.69, 9.17) is 10.5 Å². The van der Waals surface area contributed by atoms with Gasteiger partial charge in [0.2, 0.25) is 0 Å². The first kappa shape index (κ1) is 28.6. The average molecular weight is 564 g/mol. The fourth-order valence-corrected chi connectivity index (χ4v) is 6.99. The number of nitrogens with zero attached hydrogens (tertiary/aromatic N) is 2. The molecule has 41 heavy (non-hydrogen) atoms. The lowest BCUT2D eigenvalue weighted by molar-refractivity contribution is -0.118.